The molecule has 0 saturated carbocycles. The topological polar surface area (TPSA) is 60.2 Å². The van der Waals surface area contributed by atoms with Crippen molar-refractivity contribution >= 4 is 0 Å². The number of hydrogen-bond acceptors (Lipinski definition) is 4. The highest BCUT2D eigenvalue weighted by molar-refractivity contribution is 5.35. The number of ether oxygens (including phenoxy) is 1. The van der Waals surface area contributed by atoms with E-state index in [0.29, 0.717) is 18.0 Å². The van der Waals surface area contributed by atoms with Gasteiger partial charge in [0.25, 0.3) is 0 Å². The van der Waals surface area contributed by atoms with E-state index in [1.165, 1.54) is 0 Å². The fourth-order valence-corrected chi connectivity index (χ4v) is 2.25. The van der Waals surface area contributed by atoms with Gasteiger partial charge in [-0.2, -0.15) is 5.10 Å². The second-order valence-electron chi connectivity index (χ2n) is 4.50. The number of aliphatic hydroxyl groups is 1. The monoisotopic (exact) mass is 261 g/mol. The van der Waals surface area contributed by atoms with Crippen LogP contribution in [-0.2, 0) is 6.54 Å². The van der Waals surface area contributed by atoms with E-state index < -0.39 is 6.10 Å². The molecule has 2 rings (SSSR count). The summed E-state index contributed by atoms with van der Waals surface area (Å²) in [6.07, 6.45) is 0.862. The molecule has 1 atom stereocenters. The molecule has 0 saturated heterocycles. The molecule has 0 aromatic carbocycles. The number of aryl methyl sites for hydroxylation is 3. The molecule has 0 spiro atoms. The Morgan fingerprint density at radius 3 is 2.47 bits per heavy atom. The maximum atomic E-state index is 10.6. The molecule has 0 fully saturated rings. The summed E-state index contributed by atoms with van der Waals surface area (Å²) >= 11 is 0. The Morgan fingerprint density at radius 1 is 1.32 bits per heavy atom. The maximum Gasteiger partial charge on any atom is 0.163 e. The van der Waals surface area contributed by atoms with Crippen LogP contribution in [0.4, 0.5) is 0 Å². The number of aliphatic hydroxyl groups excluding tert-OH is 1. The second kappa shape index (κ2) is 5.40. The third-order valence-corrected chi connectivity index (χ3v) is 3.04. The Bertz CT molecular complexity index is 536. The van der Waals surface area contributed by atoms with E-state index in [4.69, 9.17) is 4.74 Å². The lowest BCUT2D eigenvalue weighted by Gasteiger charge is -2.15. The molecular formula is C14H19N3O2. The lowest BCUT2D eigenvalue weighted by Crippen LogP contribution is -2.11. The normalized spacial score (nSPS) is 12.5. The highest BCUT2D eigenvalue weighted by atomic mass is 16.5. The van der Waals surface area contributed by atoms with Gasteiger partial charge in [0.1, 0.15) is 11.8 Å². The van der Waals surface area contributed by atoms with E-state index in [-0.39, 0.29) is 0 Å². The molecule has 5 nitrogen and oxygen atoms in total. The summed E-state index contributed by atoms with van der Waals surface area (Å²) in [5.41, 5.74) is 3.25. The molecule has 1 unspecified atom stereocenters. The third kappa shape index (κ3) is 2.61. The van der Waals surface area contributed by atoms with Crippen LogP contribution in [0.1, 0.15) is 35.7 Å². The summed E-state index contributed by atoms with van der Waals surface area (Å²) in [4.78, 5) is 4.32. The van der Waals surface area contributed by atoms with Gasteiger partial charge in [-0.25, -0.2) is 0 Å². The Hall–Kier alpha value is -1.88. The minimum Gasteiger partial charge on any atom is -0.493 e. The standard InChI is InChI=1S/C14H19N3O2/c1-5-17-13(12(19-4)8-15-17)14(18)11-6-9(2)16-10(3)7-11/h6-8,14,18H,5H2,1-4H3. The van der Waals surface area contributed by atoms with Gasteiger partial charge < -0.3 is 9.84 Å². The SMILES string of the molecule is CCn1ncc(OC)c1C(O)c1cc(C)nc(C)c1. The molecule has 0 aliphatic rings. The summed E-state index contributed by atoms with van der Waals surface area (Å²) < 4.78 is 7.02. The zero-order valence-electron chi connectivity index (χ0n) is 11.7. The molecule has 19 heavy (non-hydrogen) atoms. The minimum atomic E-state index is -0.766. The first-order valence-electron chi connectivity index (χ1n) is 6.29. The Labute approximate surface area is 112 Å². The van der Waals surface area contributed by atoms with Gasteiger partial charge in [0.05, 0.1) is 13.3 Å². The van der Waals surface area contributed by atoms with Crippen LogP contribution >= 0.6 is 0 Å². The van der Waals surface area contributed by atoms with Crippen LogP contribution < -0.4 is 4.74 Å². The van der Waals surface area contributed by atoms with E-state index in [1.54, 1.807) is 18.0 Å². The van der Waals surface area contributed by atoms with Crippen molar-refractivity contribution in [3.63, 3.8) is 0 Å². The van der Waals surface area contributed by atoms with Crippen molar-refractivity contribution in [2.45, 2.75) is 33.4 Å². The minimum absolute atomic E-state index is 0.599. The molecular weight excluding hydrogens is 242 g/mol. The molecule has 5 heteroatoms. The van der Waals surface area contributed by atoms with E-state index >= 15 is 0 Å². The van der Waals surface area contributed by atoms with Crippen LogP contribution in [0.5, 0.6) is 5.75 Å². The van der Waals surface area contributed by atoms with Gasteiger partial charge in [0.2, 0.25) is 0 Å². The Morgan fingerprint density at radius 2 is 1.95 bits per heavy atom. The van der Waals surface area contributed by atoms with Crippen molar-refractivity contribution in [2.75, 3.05) is 7.11 Å². The highest BCUT2D eigenvalue weighted by Gasteiger charge is 2.21. The summed E-state index contributed by atoms with van der Waals surface area (Å²) in [5, 5.41) is 14.8. The first kappa shape index (κ1) is 13.5. The molecule has 0 aliphatic heterocycles. The van der Waals surface area contributed by atoms with E-state index in [0.717, 1.165) is 17.0 Å². The fraction of sp³-hybridized carbons (Fsp3) is 0.429. The van der Waals surface area contributed by atoms with Crippen LogP contribution in [-0.4, -0.2) is 27.0 Å². The highest BCUT2D eigenvalue weighted by Crippen LogP contribution is 2.30. The third-order valence-electron chi connectivity index (χ3n) is 3.04. The number of rotatable bonds is 4. The van der Waals surface area contributed by atoms with Crippen molar-refractivity contribution in [1.29, 1.82) is 0 Å². The van der Waals surface area contributed by atoms with Crippen molar-refractivity contribution in [3.8, 4) is 5.75 Å². The van der Waals surface area contributed by atoms with Crippen molar-refractivity contribution < 1.29 is 9.84 Å². The second-order valence-corrected chi connectivity index (χ2v) is 4.50. The molecule has 2 aromatic heterocycles. The molecule has 2 aromatic rings. The Kier molecular flexibility index (Phi) is 3.85. The summed E-state index contributed by atoms with van der Waals surface area (Å²) in [5.74, 6) is 0.599. The first-order chi connectivity index (χ1) is 9.06. The number of hydrogen-bond donors (Lipinski definition) is 1. The summed E-state index contributed by atoms with van der Waals surface area (Å²) in [6.45, 7) is 6.49. The van der Waals surface area contributed by atoms with Gasteiger partial charge in [0, 0.05) is 17.9 Å². The van der Waals surface area contributed by atoms with Crippen LogP contribution in [0.15, 0.2) is 18.3 Å². The van der Waals surface area contributed by atoms with E-state index in [1.807, 2.05) is 32.9 Å². The maximum absolute atomic E-state index is 10.6. The predicted octanol–water partition coefficient (Wildman–Crippen LogP) is 2.01. The largest absolute Gasteiger partial charge is 0.493 e. The lowest BCUT2D eigenvalue weighted by atomic mass is 10.1. The van der Waals surface area contributed by atoms with Gasteiger partial charge >= 0.3 is 0 Å². The zero-order chi connectivity index (χ0) is 14.0. The predicted molar refractivity (Wildman–Crippen MR) is 72.2 cm³/mol. The molecule has 0 radical (unpaired) electrons. The van der Waals surface area contributed by atoms with Crippen LogP contribution in [0.3, 0.4) is 0 Å². The molecule has 0 bridgehead atoms. The first-order valence-corrected chi connectivity index (χ1v) is 6.29. The zero-order valence-corrected chi connectivity index (χ0v) is 11.7. The average molecular weight is 261 g/mol. The van der Waals surface area contributed by atoms with Gasteiger partial charge in [-0.15, -0.1) is 0 Å². The number of aromatic nitrogens is 3. The van der Waals surface area contributed by atoms with Crippen molar-refractivity contribution in [3.05, 3.63) is 41.0 Å². The van der Waals surface area contributed by atoms with Gasteiger partial charge in [-0.3, -0.25) is 9.67 Å². The van der Waals surface area contributed by atoms with Crippen LogP contribution in [0, 0.1) is 13.8 Å². The quantitative estimate of drug-likeness (QED) is 0.914. The van der Waals surface area contributed by atoms with Crippen LogP contribution in [0.25, 0.3) is 0 Å². The fourth-order valence-electron chi connectivity index (χ4n) is 2.25. The summed E-state index contributed by atoms with van der Waals surface area (Å²) in [6, 6.07) is 3.76. The van der Waals surface area contributed by atoms with E-state index in [2.05, 4.69) is 10.1 Å². The number of methoxy groups -OCH3 is 1. The average Bonchev–Trinajstić information content (AvgIpc) is 2.79. The number of nitrogens with zero attached hydrogens (tertiary/aromatic N) is 3. The molecule has 102 valence electrons. The van der Waals surface area contributed by atoms with Gasteiger partial charge in [0.15, 0.2) is 5.75 Å². The lowest BCUT2D eigenvalue weighted by molar-refractivity contribution is 0.202. The number of pyridine rings is 1. The molecule has 1 N–H and O–H groups in total. The van der Waals surface area contributed by atoms with Gasteiger partial charge in [-0.1, -0.05) is 0 Å². The summed E-state index contributed by atoms with van der Waals surface area (Å²) in [7, 11) is 1.58. The van der Waals surface area contributed by atoms with E-state index in [9.17, 15) is 5.11 Å². The van der Waals surface area contributed by atoms with Gasteiger partial charge in [-0.05, 0) is 38.5 Å². The smallest absolute Gasteiger partial charge is 0.163 e. The molecule has 0 aliphatic carbocycles. The Balaban J connectivity index is 2.48. The van der Waals surface area contributed by atoms with Crippen LogP contribution in [0.2, 0.25) is 0 Å². The van der Waals surface area contributed by atoms with Crippen molar-refractivity contribution in [2.24, 2.45) is 0 Å². The molecule has 0 amide bonds. The van der Waals surface area contributed by atoms with Crippen molar-refractivity contribution in [1.82, 2.24) is 14.8 Å². The molecule has 2 heterocycles.